The van der Waals surface area contributed by atoms with Crippen molar-refractivity contribution in [1.82, 2.24) is 0 Å². The van der Waals surface area contributed by atoms with Crippen molar-refractivity contribution in [3.05, 3.63) is 94.5 Å². The Morgan fingerprint density at radius 2 is 1.46 bits per heavy atom. The number of esters is 1. The van der Waals surface area contributed by atoms with Gasteiger partial charge in [-0.3, -0.25) is 10.1 Å². The van der Waals surface area contributed by atoms with Crippen LogP contribution in [0.1, 0.15) is 10.4 Å². The molecule has 0 unspecified atom stereocenters. The van der Waals surface area contributed by atoms with Crippen molar-refractivity contribution in [3.63, 3.8) is 0 Å². The molecule has 118 valence electrons. The van der Waals surface area contributed by atoms with Crippen molar-refractivity contribution in [2.45, 2.75) is 0 Å². The van der Waals surface area contributed by atoms with Crippen LogP contribution in [0.15, 0.2) is 78.9 Å². The second-order valence-corrected chi connectivity index (χ2v) is 5.03. The first kappa shape index (κ1) is 15.4. The first-order valence-electron chi connectivity index (χ1n) is 7.27. The van der Waals surface area contributed by atoms with Gasteiger partial charge in [-0.05, 0) is 17.7 Å². The number of benzene rings is 3. The molecule has 0 saturated carbocycles. The number of carbonyl (C=O) groups excluding carboxylic acids is 1. The molecule has 0 saturated heterocycles. The minimum absolute atomic E-state index is 0.0784. The fourth-order valence-electron chi connectivity index (χ4n) is 2.37. The number of nitro benzene ring substituents is 1. The van der Waals surface area contributed by atoms with E-state index in [4.69, 9.17) is 4.74 Å². The Morgan fingerprint density at radius 3 is 2.21 bits per heavy atom. The van der Waals surface area contributed by atoms with Gasteiger partial charge in [0, 0.05) is 11.6 Å². The molecule has 3 aromatic carbocycles. The number of rotatable bonds is 4. The van der Waals surface area contributed by atoms with Crippen LogP contribution >= 0.6 is 0 Å². The van der Waals surface area contributed by atoms with E-state index >= 15 is 0 Å². The summed E-state index contributed by atoms with van der Waals surface area (Å²) in [5.41, 5.74) is 1.28. The molecule has 0 amide bonds. The van der Waals surface area contributed by atoms with E-state index in [1.807, 2.05) is 42.5 Å². The maximum absolute atomic E-state index is 12.4. The van der Waals surface area contributed by atoms with Gasteiger partial charge in [0.05, 0.1) is 4.92 Å². The predicted molar refractivity (Wildman–Crippen MR) is 89.9 cm³/mol. The maximum atomic E-state index is 12.4. The van der Waals surface area contributed by atoms with Crippen molar-refractivity contribution < 1.29 is 14.5 Å². The van der Waals surface area contributed by atoms with Gasteiger partial charge >= 0.3 is 5.97 Å². The largest absolute Gasteiger partial charge is 0.422 e. The molecular weight excluding hydrogens is 306 g/mol. The lowest BCUT2D eigenvalue weighted by atomic mass is 10.0. The van der Waals surface area contributed by atoms with E-state index < -0.39 is 10.9 Å². The maximum Gasteiger partial charge on any atom is 0.350 e. The molecule has 5 heteroatoms. The van der Waals surface area contributed by atoms with Crippen LogP contribution in [-0.2, 0) is 0 Å². The van der Waals surface area contributed by atoms with Crippen molar-refractivity contribution in [3.8, 4) is 16.9 Å². The molecule has 3 rings (SSSR count). The molecule has 0 aliphatic rings. The normalized spacial score (nSPS) is 10.2. The average molecular weight is 319 g/mol. The lowest BCUT2D eigenvalue weighted by Gasteiger charge is -2.10. The number of para-hydroxylation sites is 2. The highest BCUT2D eigenvalue weighted by molar-refractivity contribution is 5.96. The Balaban J connectivity index is 1.96. The number of hydrogen-bond acceptors (Lipinski definition) is 4. The third-order valence-electron chi connectivity index (χ3n) is 3.50. The Labute approximate surface area is 138 Å². The molecule has 0 N–H and O–H groups in total. The van der Waals surface area contributed by atoms with Crippen molar-refractivity contribution in [2.75, 3.05) is 0 Å². The fraction of sp³-hybridized carbons (Fsp3) is 0. The minimum atomic E-state index is -0.759. The molecule has 24 heavy (non-hydrogen) atoms. The van der Waals surface area contributed by atoms with Gasteiger partial charge in [-0.2, -0.15) is 0 Å². The molecule has 0 fully saturated rings. The third-order valence-corrected chi connectivity index (χ3v) is 3.50. The first-order valence-corrected chi connectivity index (χ1v) is 7.27. The molecule has 3 aromatic rings. The molecular formula is C19H13NO4. The summed E-state index contributed by atoms with van der Waals surface area (Å²) in [7, 11) is 0. The fourth-order valence-corrected chi connectivity index (χ4v) is 2.37. The number of carbonyl (C=O) groups is 1. The zero-order valence-corrected chi connectivity index (χ0v) is 12.6. The summed E-state index contributed by atoms with van der Waals surface area (Å²) in [5, 5.41) is 11.1. The van der Waals surface area contributed by atoms with Crippen LogP contribution in [0.5, 0.6) is 5.75 Å². The Morgan fingerprint density at radius 1 is 0.833 bits per heavy atom. The number of ether oxygens (including phenoxy) is 1. The van der Waals surface area contributed by atoms with E-state index in [0.29, 0.717) is 5.75 Å². The van der Waals surface area contributed by atoms with E-state index in [0.717, 1.165) is 11.1 Å². The molecule has 0 aliphatic carbocycles. The van der Waals surface area contributed by atoms with Gasteiger partial charge in [-0.1, -0.05) is 60.7 Å². The summed E-state index contributed by atoms with van der Waals surface area (Å²) < 4.78 is 5.43. The van der Waals surface area contributed by atoms with Gasteiger partial charge in [-0.25, -0.2) is 4.79 Å². The van der Waals surface area contributed by atoms with Crippen molar-refractivity contribution in [1.29, 1.82) is 0 Å². The summed E-state index contributed by atoms with van der Waals surface area (Å²) in [4.78, 5) is 22.9. The molecule has 0 aromatic heterocycles. The van der Waals surface area contributed by atoms with E-state index in [1.165, 1.54) is 18.2 Å². The molecule has 5 nitrogen and oxygen atoms in total. The summed E-state index contributed by atoms with van der Waals surface area (Å²) in [5.74, 6) is -0.405. The summed E-state index contributed by atoms with van der Waals surface area (Å²) in [6.45, 7) is 0. The Kier molecular flexibility index (Phi) is 4.34. The number of nitrogens with zero attached hydrogens (tertiary/aromatic N) is 1. The van der Waals surface area contributed by atoms with Crippen LogP contribution in [0.2, 0.25) is 0 Å². The highest BCUT2D eigenvalue weighted by Crippen LogP contribution is 2.30. The molecule has 0 atom stereocenters. The molecule has 0 spiro atoms. The van der Waals surface area contributed by atoms with E-state index in [9.17, 15) is 14.9 Å². The first-order chi connectivity index (χ1) is 11.7. The standard InChI is InChI=1S/C19H13NO4/c21-19(16-11-4-6-12-17(16)20(22)23)24-18-13-7-5-10-15(18)14-8-2-1-3-9-14/h1-13H. The Hall–Kier alpha value is -3.47. The van der Waals surface area contributed by atoms with E-state index in [1.54, 1.807) is 18.2 Å². The molecule has 0 bridgehead atoms. The van der Waals surface area contributed by atoms with Crippen LogP contribution < -0.4 is 4.74 Å². The third kappa shape index (κ3) is 3.15. The zero-order valence-electron chi connectivity index (χ0n) is 12.6. The highest BCUT2D eigenvalue weighted by atomic mass is 16.6. The lowest BCUT2D eigenvalue weighted by molar-refractivity contribution is -0.385. The quantitative estimate of drug-likeness (QED) is 0.308. The van der Waals surface area contributed by atoms with Gasteiger partial charge in [0.2, 0.25) is 0 Å². The average Bonchev–Trinajstić information content (AvgIpc) is 2.63. The summed E-state index contributed by atoms with van der Waals surface area (Å²) in [6.07, 6.45) is 0. The van der Waals surface area contributed by atoms with Crippen LogP contribution in [0.3, 0.4) is 0 Å². The highest BCUT2D eigenvalue weighted by Gasteiger charge is 2.22. The zero-order chi connectivity index (χ0) is 16.9. The number of hydrogen-bond donors (Lipinski definition) is 0. The SMILES string of the molecule is O=C(Oc1ccccc1-c1ccccc1)c1ccccc1[N+](=O)[O-]. The smallest absolute Gasteiger partial charge is 0.350 e. The summed E-state index contributed by atoms with van der Waals surface area (Å²) in [6, 6.07) is 22.3. The summed E-state index contributed by atoms with van der Waals surface area (Å²) >= 11 is 0. The number of nitro groups is 1. The van der Waals surface area contributed by atoms with Gasteiger partial charge in [-0.15, -0.1) is 0 Å². The van der Waals surface area contributed by atoms with Gasteiger partial charge < -0.3 is 4.74 Å². The van der Waals surface area contributed by atoms with E-state index in [2.05, 4.69) is 0 Å². The molecule has 0 radical (unpaired) electrons. The molecule has 0 heterocycles. The monoisotopic (exact) mass is 319 g/mol. The topological polar surface area (TPSA) is 69.4 Å². The van der Waals surface area contributed by atoms with Crippen molar-refractivity contribution >= 4 is 11.7 Å². The Bertz CT molecular complexity index is 891. The second kappa shape index (κ2) is 6.75. The van der Waals surface area contributed by atoms with Gasteiger partial charge in [0.1, 0.15) is 11.3 Å². The predicted octanol–water partition coefficient (Wildman–Crippen LogP) is 4.48. The van der Waals surface area contributed by atoms with Crippen LogP contribution in [-0.4, -0.2) is 10.9 Å². The van der Waals surface area contributed by atoms with E-state index in [-0.39, 0.29) is 11.3 Å². The van der Waals surface area contributed by atoms with Gasteiger partial charge in [0.25, 0.3) is 5.69 Å². The minimum Gasteiger partial charge on any atom is -0.422 e. The van der Waals surface area contributed by atoms with Gasteiger partial charge in [0.15, 0.2) is 0 Å². The van der Waals surface area contributed by atoms with Crippen LogP contribution in [0, 0.1) is 10.1 Å². The van der Waals surface area contributed by atoms with Crippen molar-refractivity contribution in [2.24, 2.45) is 0 Å². The van der Waals surface area contributed by atoms with Crippen LogP contribution in [0.25, 0.3) is 11.1 Å². The van der Waals surface area contributed by atoms with Crippen LogP contribution in [0.4, 0.5) is 5.69 Å². The second-order valence-electron chi connectivity index (χ2n) is 5.03. The lowest BCUT2D eigenvalue weighted by Crippen LogP contribution is -2.11. The molecule has 0 aliphatic heterocycles.